The summed E-state index contributed by atoms with van der Waals surface area (Å²) in [6.45, 7) is 6.63. The summed E-state index contributed by atoms with van der Waals surface area (Å²) < 4.78 is 0. The van der Waals surface area contributed by atoms with Crippen LogP contribution in [0.2, 0.25) is 0 Å². The number of anilines is 2. The van der Waals surface area contributed by atoms with E-state index in [1.165, 1.54) is 0 Å². The highest BCUT2D eigenvalue weighted by molar-refractivity contribution is 6.08. The highest BCUT2D eigenvalue weighted by Gasteiger charge is 2.13. The fraction of sp³-hybridized carbons (Fsp3) is 0.250. The highest BCUT2D eigenvalue weighted by atomic mass is 16.1. The molecular weight excluding hydrogens is 250 g/mol. The lowest BCUT2D eigenvalue weighted by Gasteiger charge is -2.12. The molecule has 20 heavy (non-hydrogen) atoms. The van der Waals surface area contributed by atoms with E-state index >= 15 is 0 Å². The Balaban J connectivity index is 2.27. The van der Waals surface area contributed by atoms with E-state index < -0.39 is 0 Å². The molecule has 0 spiro atoms. The Morgan fingerprint density at radius 3 is 2.65 bits per heavy atom. The first kappa shape index (κ1) is 14.1. The van der Waals surface area contributed by atoms with E-state index in [0.717, 1.165) is 29.2 Å². The summed E-state index contributed by atoms with van der Waals surface area (Å²) in [6, 6.07) is 9.59. The molecule has 4 nitrogen and oxygen atoms in total. The van der Waals surface area contributed by atoms with Gasteiger partial charge in [0.25, 0.3) is 5.91 Å². The van der Waals surface area contributed by atoms with Crippen molar-refractivity contribution in [2.24, 2.45) is 0 Å². The Labute approximate surface area is 119 Å². The Morgan fingerprint density at radius 2 is 1.95 bits per heavy atom. The van der Waals surface area contributed by atoms with Gasteiger partial charge in [-0.1, -0.05) is 18.2 Å². The normalized spacial score (nSPS) is 10.2. The number of carbonyl (C=O) groups excluding carboxylic acids is 1. The van der Waals surface area contributed by atoms with Gasteiger partial charge in [0.15, 0.2) is 0 Å². The molecule has 0 aliphatic carbocycles. The summed E-state index contributed by atoms with van der Waals surface area (Å²) in [5, 5.41) is 6.12. The Morgan fingerprint density at radius 1 is 1.20 bits per heavy atom. The van der Waals surface area contributed by atoms with Crippen molar-refractivity contribution in [2.75, 3.05) is 17.2 Å². The number of nitrogens with one attached hydrogen (secondary N) is 2. The Bertz CT molecular complexity index is 623. The van der Waals surface area contributed by atoms with E-state index in [2.05, 4.69) is 15.6 Å². The second kappa shape index (κ2) is 6.19. The molecule has 2 rings (SSSR count). The van der Waals surface area contributed by atoms with Crippen molar-refractivity contribution in [3.63, 3.8) is 0 Å². The van der Waals surface area contributed by atoms with Gasteiger partial charge in [-0.2, -0.15) is 0 Å². The molecule has 0 saturated carbocycles. The highest BCUT2D eigenvalue weighted by Crippen LogP contribution is 2.19. The monoisotopic (exact) mass is 269 g/mol. The van der Waals surface area contributed by atoms with Gasteiger partial charge in [-0.05, 0) is 38.5 Å². The van der Waals surface area contributed by atoms with E-state index in [-0.39, 0.29) is 5.91 Å². The van der Waals surface area contributed by atoms with Crippen molar-refractivity contribution in [2.45, 2.75) is 20.8 Å². The molecule has 0 fully saturated rings. The van der Waals surface area contributed by atoms with Crippen molar-refractivity contribution in [1.29, 1.82) is 0 Å². The molecule has 0 atom stereocenters. The van der Waals surface area contributed by atoms with Crippen molar-refractivity contribution >= 4 is 17.3 Å². The van der Waals surface area contributed by atoms with E-state index in [0.29, 0.717) is 5.56 Å². The van der Waals surface area contributed by atoms with Crippen LogP contribution in [0.4, 0.5) is 11.4 Å². The van der Waals surface area contributed by atoms with E-state index in [1.807, 2.05) is 51.1 Å². The van der Waals surface area contributed by atoms with Gasteiger partial charge >= 0.3 is 0 Å². The second-order valence-corrected chi connectivity index (χ2v) is 4.67. The van der Waals surface area contributed by atoms with Gasteiger partial charge in [-0.3, -0.25) is 9.78 Å². The van der Waals surface area contributed by atoms with E-state index in [9.17, 15) is 4.79 Å². The molecular formula is C16H19N3O. The number of benzene rings is 1. The van der Waals surface area contributed by atoms with Crippen LogP contribution >= 0.6 is 0 Å². The van der Waals surface area contributed by atoms with Crippen molar-refractivity contribution in [3.8, 4) is 0 Å². The average molecular weight is 269 g/mol. The first-order valence-corrected chi connectivity index (χ1v) is 6.69. The molecule has 0 aliphatic heterocycles. The van der Waals surface area contributed by atoms with Crippen LogP contribution in [0.3, 0.4) is 0 Å². The minimum Gasteiger partial charge on any atom is -0.385 e. The number of para-hydroxylation sites is 1. The molecule has 1 amide bonds. The predicted octanol–water partition coefficient (Wildman–Crippen LogP) is 3.38. The number of aryl methyl sites for hydroxylation is 2. The number of rotatable bonds is 4. The summed E-state index contributed by atoms with van der Waals surface area (Å²) in [7, 11) is 0. The van der Waals surface area contributed by atoms with Gasteiger partial charge in [-0.15, -0.1) is 0 Å². The first-order chi connectivity index (χ1) is 9.61. The third-order valence-electron chi connectivity index (χ3n) is 3.05. The number of amides is 1. The quantitative estimate of drug-likeness (QED) is 0.894. The lowest BCUT2D eigenvalue weighted by atomic mass is 10.1. The Kier molecular flexibility index (Phi) is 4.35. The fourth-order valence-electron chi connectivity index (χ4n) is 1.98. The zero-order valence-corrected chi connectivity index (χ0v) is 12.0. The molecule has 0 saturated heterocycles. The topological polar surface area (TPSA) is 54.0 Å². The third-order valence-corrected chi connectivity index (χ3v) is 3.05. The number of pyridine rings is 1. The van der Waals surface area contributed by atoms with E-state index in [4.69, 9.17) is 0 Å². The van der Waals surface area contributed by atoms with Crippen molar-refractivity contribution in [1.82, 2.24) is 4.98 Å². The maximum atomic E-state index is 12.4. The molecule has 0 unspecified atom stereocenters. The number of nitrogens with zero attached hydrogens (tertiary/aromatic N) is 1. The molecule has 2 N–H and O–H groups in total. The predicted molar refractivity (Wildman–Crippen MR) is 82.3 cm³/mol. The summed E-state index contributed by atoms with van der Waals surface area (Å²) in [5.74, 6) is -0.150. The Hall–Kier alpha value is -2.36. The standard InChI is InChI=1S/C16H19N3O/c1-4-17-15-9-12(3)18-10-13(15)16(20)19-14-8-6-5-7-11(14)2/h5-10H,4H2,1-3H3,(H,17,18)(H,19,20). The van der Waals surface area contributed by atoms with Gasteiger partial charge in [0.2, 0.25) is 0 Å². The SMILES string of the molecule is CCNc1cc(C)ncc1C(=O)Nc1ccccc1C. The molecule has 104 valence electrons. The van der Waals surface area contributed by atoms with Crippen LogP contribution in [0.15, 0.2) is 36.5 Å². The largest absolute Gasteiger partial charge is 0.385 e. The van der Waals surface area contributed by atoms with Crippen LogP contribution in [0.5, 0.6) is 0 Å². The smallest absolute Gasteiger partial charge is 0.259 e. The molecule has 1 aromatic heterocycles. The van der Waals surface area contributed by atoms with Gasteiger partial charge in [0, 0.05) is 24.1 Å². The van der Waals surface area contributed by atoms with Gasteiger partial charge in [0.05, 0.1) is 11.3 Å². The molecule has 1 heterocycles. The number of carbonyl (C=O) groups is 1. The van der Waals surface area contributed by atoms with Crippen molar-refractivity contribution < 1.29 is 4.79 Å². The zero-order chi connectivity index (χ0) is 14.5. The summed E-state index contributed by atoms with van der Waals surface area (Å²) in [5.41, 5.74) is 4.10. The summed E-state index contributed by atoms with van der Waals surface area (Å²) in [4.78, 5) is 16.6. The van der Waals surface area contributed by atoms with Crippen LogP contribution in [-0.2, 0) is 0 Å². The minimum atomic E-state index is -0.150. The van der Waals surface area contributed by atoms with Crippen LogP contribution in [0.25, 0.3) is 0 Å². The first-order valence-electron chi connectivity index (χ1n) is 6.69. The van der Waals surface area contributed by atoms with Gasteiger partial charge < -0.3 is 10.6 Å². The lowest BCUT2D eigenvalue weighted by Crippen LogP contribution is -2.16. The molecule has 0 radical (unpaired) electrons. The molecule has 0 bridgehead atoms. The fourth-order valence-corrected chi connectivity index (χ4v) is 1.98. The van der Waals surface area contributed by atoms with E-state index in [1.54, 1.807) is 6.20 Å². The number of hydrogen-bond acceptors (Lipinski definition) is 3. The van der Waals surface area contributed by atoms with Crippen LogP contribution in [0, 0.1) is 13.8 Å². The molecule has 2 aromatic rings. The molecule has 1 aromatic carbocycles. The average Bonchev–Trinajstić information content (AvgIpc) is 2.42. The summed E-state index contributed by atoms with van der Waals surface area (Å²) in [6.07, 6.45) is 1.61. The van der Waals surface area contributed by atoms with Gasteiger partial charge in [0.1, 0.15) is 0 Å². The minimum absolute atomic E-state index is 0.150. The number of hydrogen-bond donors (Lipinski definition) is 2. The zero-order valence-electron chi connectivity index (χ0n) is 12.0. The van der Waals surface area contributed by atoms with Crippen LogP contribution in [0.1, 0.15) is 28.5 Å². The van der Waals surface area contributed by atoms with Crippen molar-refractivity contribution in [3.05, 3.63) is 53.3 Å². The third kappa shape index (κ3) is 3.15. The maximum absolute atomic E-state index is 12.4. The van der Waals surface area contributed by atoms with Crippen LogP contribution in [-0.4, -0.2) is 17.4 Å². The second-order valence-electron chi connectivity index (χ2n) is 4.67. The number of aromatic nitrogens is 1. The summed E-state index contributed by atoms with van der Waals surface area (Å²) >= 11 is 0. The molecule has 4 heteroatoms. The van der Waals surface area contributed by atoms with Crippen LogP contribution < -0.4 is 10.6 Å². The molecule has 0 aliphatic rings. The van der Waals surface area contributed by atoms with Gasteiger partial charge in [-0.25, -0.2) is 0 Å². The maximum Gasteiger partial charge on any atom is 0.259 e. The lowest BCUT2D eigenvalue weighted by molar-refractivity contribution is 0.102.